The van der Waals surface area contributed by atoms with Crippen LogP contribution in [0, 0.1) is 0 Å². The molecule has 7 heteroatoms. The van der Waals surface area contributed by atoms with Gasteiger partial charge < -0.3 is 9.80 Å². The molecule has 0 heterocycles. The molecule has 2 aromatic carbocycles. The molecule has 0 N–H and O–H groups in total. The summed E-state index contributed by atoms with van der Waals surface area (Å²) in [6.07, 6.45) is 0. The van der Waals surface area contributed by atoms with Crippen molar-refractivity contribution in [2.24, 2.45) is 0 Å². The number of benzene rings is 2. The van der Waals surface area contributed by atoms with Crippen molar-refractivity contribution in [1.29, 1.82) is 0 Å². The molecule has 0 aliphatic heterocycles. The number of hydrogen-bond donors (Lipinski definition) is 0. The van der Waals surface area contributed by atoms with Gasteiger partial charge in [-0.3, -0.25) is 0 Å². The van der Waals surface area contributed by atoms with Crippen LogP contribution in [0.5, 0.6) is 0 Å². The van der Waals surface area contributed by atoms with Crippen LogP contribution in [0.1, 0.15) is 83.1 Å². The molecule has 0 bridgehead atoms. The fraction of sp³-hybridized carbons (Fsp3) is 0.625. The number of anilines is 2. The van der Waals surface area contributed by atoms with Crippen LogP contribution in [0.15, 0.2) is 48.5 Å². The van der Waals surface area contributed by atoms with Crippen molar-refractivity contribution in [3.05, 3.63) is 48.5 Å². The molecule has 0 aliphatic carbocycles. The molecule has 2 aromatic rings. The third-order valence-corrected chi connectivity index (χ3v) is 14.2. The summed E-state index contributed by atoms with van der Waals surface area (Å²) >= 11 is -0.806. The first-order valence-corrected chi connectivity index (χ1v) is 24.5. The van der Waals surface area contributed by atoms with E-state index in [0.29, 0.717) is 20.6 Å². The Morgan fingerprint density at radius 3 is 0.769 bits per heavy atom. The molecule has 0 unspecified atom stereocenters. The average molecular weight is 813 g/mol. The van der Waals surface area contributed by atoms with Crippen LogP contribution in [0.4, 0.5) is 11.4 Å². The van der Waals surface area contributed by atoms with Gasteiger partial charge in [-0.05, 0) is 132 Å². The molecule has 0 amide bonds. The summed E-state index contributed by atoms with van der Waals surface area (Å²) in [6, 6.07) is 18.3. The molecule has 0 atom stereocenters. The van der Waals surface area contributed by atoms with Gasteiger partial charge in [0.25, 0.3) is 0 Å². The Morgan fingerprint density at radius 2 is 0.641 bits per heavy atom. The van der Waals surface area contributed by atoms with Gasteiger partial charge in [0.2, 0.25) is 0 Å². The van der Waals surface area contributed by atoms with Crippen molar-refractivity contribution < 1.29 is 0 Å². The third-order valence-electron chi connectivity index (χ3n) is 6.34. The monoisotopic (exact) mass is 811 g/mol. The minimum absolute atomic E-state index is 0.378. The second-order valence-corrected chi connectivity index (χ2v) is 27.9. The van der Waals surface area contributed by atoms with Crippen LogP contribution in [0.25, 0.3) is 0 Å². The number of nitrogens with zero attached hydrogens (tertiary/aromatic N) is 2. The van der Waals surface area contributed by atoms with Gasteiger partial charge in [-0.15, -0.1) is 0 Å². The van der Waals surface area contributed by atoms with Gasteiger partial charge in [-0.1, -0.05) is 0 Å². The Kier molecular flexibility index (Phi) is 16.4. The summed E-state index contributed by atoms with van der Waals surface area (Å²) < 4.78 is 0. The normalized spacial score (nSPS) is 12.4. The topological polar surface area (TPSA) is 6.48 Å². The quantitative estimate of drug-likeness (QED) is 0.284. The SMILES string of the molecule is CN(C)c1ccc([PH+](C(C)(C)C)C(C)(C)C)cc1.CN(C)c1ccc([PH+](C(C)(C)C)C(C)(C)C)cc1.[Cl][Po][Cl]. The van der Waals surface area contributed by atoms with Gasteiger partial charge >= 0.3 is 38.1 Å². The molecule has 0 fully saturated rings. The van der Waals surface area contributed by atoms with Crippen LogP contribution in [0.2, 0.25) is 0 Å². The van der Waals surface area contributed by atoms with Crippen LogP contribution in [-0.4, -0.2) is 70.0 Å². The van der Waals surface area contributed by atoms with Crippen molar-refractivity contribution in [2.75, 3.05) is 38.0 Å². The van der Waals surface area contributed by atoms with E-state index in [1.54, 1.807) is 10.6 Å². The van der Waals surface area contributed by atoms with Gasteiger partial charge in [-0.25, -0.2) is 0 Å². The summed E-state index contributed by atoms with van der Waals surface area (Å²) in [5.41, 5.74) is 2.56. The Morgan fingerprint density at radius 1 is 0.462 bits per heavy atom. The first-order chi connectivity index (χ1) is 17.5. The van der Waals surface area contributed by atoms with Crippen molar-refractivity contribution in [3.63, 3.8) is 0 Å². The molecule has 0 saturated heterocycles. The van der Waals surface area contributed by atoms with Gasteiger partial charge in [0.15, 0.2) is 0 Å². The minimum atomic E-state index is -0.806. The van der Waals surface area contributed by atoms with Crippen molar-refractivity contribution in [3.8, 4) is 0 Å². The molecule has 0 spiro atoms. The van der Waals surface area contributed by atoms with Crippen LogP contribution < -0.4 is 20.4 Å². The number of rotatable bonds is 4. The molecule has 0 aromatic heterocycles. The van der Waals surface area contributed by atoms with Gasteiger partial charge in [0.1, 0.15) is 0 Å². The van der Waals surface area contributed by atoms with Crippen LogP contribution in [0.3, 0.4) is 0 Å². The van der Waals surface area contributed by atoms with E-state index in [-0.39, 0.29) is 0 Å². The van der Waals surface area contributed by atoms with E-state index in [1.807, 2.05) is 0 Å². The molecule has 0 aliphatic rings. The van der Waals surface area contributed by atoms with Crippen molar-refractivity contribution in [1.82, 2.24) is 0 Å². The zero-order valence-corrected chi connectivity index (χ0v) is 34.4. The van der Waals surface area contributed by atoms with Crippen LogP contribution >= 0.6 is 32.7 Å². The van der Waals surface area contributed by atoms with Gasteiger partial charge in [0.05, 0.1) is 31.2 Å². The second kappa shape index (κ2) is 16.3. The van der Waals surface area contributed by atoms with Crippen molar-refractivity contribution >= 4 is 75.9 Å². The van der Waals surface area contributed by atoms with Gasteiger partial charge in [0, 0.05) is 55.4 Å². The number of hydrogen-bond acceptors (Lipinski definition) is 2. The molecule has 39 heavy (non-hydrogen) atoms. The van der Waals surface area contributed by atoms with E-state index >= 15 is 0 Å². The summed E-state index contributed by atoms with van der Waals surface area (Å²) in [5.74, 6) is 0. The summed E-state index contributed by atoms with van der Waals surface area (Å²) in [6.45, 7) is 28.6. The molecular formula is C32H58Cl2N2P2Po+2. The Hall–Kier alpha value is 0.376. The van der Waals surface area contributed by atoms with E-state index < -0.39 is 37.0 Å². The fourth-order valence-electron chi connectivity index (χ4n) is 5.83. The van der Waals surface area contributed by atoms with E-state index in [2.05, 4.69) is 170 Å². The second-order valence-electron chi connectivity index (χ2n) is 14.7. The molecule has 0 radical (unpaired) electrons. The van der Waals surface area contributed by atoms with E-state index in [4.69, 9.17) is 16.9 Å². The van der Waals surface area contributed by atoms with E-state index in [9.17, 15) is 0 Å². The van der Waals surface area contributed by atoms with E-state index in [1.165, 1.54) is 11.4 Å². The molecule has 2 rings (SSSR count). The van der Waals surface area contributed by atoms with Gasteiger partial charge in [-0.2, -0.15) is 0 Å². The molecular weight excluding hydrogens is 754 g/mol. The zero-order valence-electron chi connectivity index (χ0n) is 27.7. The zero-order chi connectivity index (χ0) is 31.0. The summed E-state index contributed by atoms with van der Waals surface area (Å²) in [4.78, 5) is 4.31. The Labute approximate surface area is 264 Å². The molecule has 0 saturated carbocycles. The first-order valence-electron chi connectivity index (χ1n) is 13.7. The third kappa shape index (κ3) is 13.9. The van der Waals surface area contributed by atoms with E-state index in [0.717, 1.165) is 0 Å². The average Bonchev–Trinajstić information content (AvgIpc) is 2.71. The fourth-order valence-corrected chi connectivity index (χ4v) is 14.8. The van der Waals surface area contributed by atoms with Crippen LogP contribution in [-0.2, 0) is 0 Å². The Bertz CT molecular complexity index is 843. The maximum atomic E-state index is 4.93. The standard InChI is InChI=1S/2C16H28NP.2ClH.Po/c2*1-15(2,3)18(16(4,5)6)14-11-9-13(10-12-14)17(7)8;;;/h2*9-12H,1-8H3;2*1H;/q;;;;+2. The molecule has 2 nitrogen and oxygen atoms in total. The first kappa shape index (κ1) is 39.4. The number of halogens is 2. The molecule has 224 valence electrons. The predicted molar refractivity (Wildman–Crippen MR) is 194 cm³/mol. The predicted octanol–water partition coefficient (Wildman–Crippen LogP) is 9.38. The van der Waals surface area contributed by atoms with Crippen molar-refractivity contribution in [2.45, 2.75) is 104 Å². The Balaban J connectivity index is 0.000000673. The summed E-state index contributed by atoms with van der Waals surface area (Å²) in [7, 11) is 17.0. The summed E-state index contributed by atoms with van der Waals surface area (Å²) in [5, 5.41) is 4.60. The maximum absolute atomic E-state index is 4.93.